The van der Waals surface area contributed by atoms with Gasteiger partial charge in [0, 0.05) is 25.0 Å². The number of amides is 5. The van der Waals surface area contributed by atoms with Gasteiger partial charge in [0.25, 0.3) is 0 Å². The van der Waals surface area contributed by atoms with Crippen molar-refractivity contribution < 1.29 is 38.2 Å². The Hall–Kier alpha value is -5.02. The Morgan fingerprint density at radius 2 is 1.31 bits per heavy atom. The van der Waals surface area contributed by atoms with E-state index in [2.05, 4.69) is 21.3 Å². The molecule has 3 aromatic rings. The summed E-state index contributed by atoms with van der Waals surface area (Å²) in [5.74, 6) is -2.16. The molecule has 0 aromatic heterocycles. The first-order valence-electron chi connectivity index (χ1n) is 19.1. The molecule has 1 heterocycles. The van der Waals surface area contributed by atoms with Crippen molar-refractivity contribution in [1.82, 2.24) is 26.2 Å². The minimum atomic E-state index is -1.51. The normalized spacial score (nSPS) is 15.4. The zero-order valence-electron chi connectivity index (χ0n) is 34.2. The third-order valence-electron chi connectivity index (χ3n) is 9.34. The summed E-state index contributed by atoms with van der Waals surface area (Å²) < 4.78 is 9.69. The molecule has 13 nitrogen and oxygen atoms in total. The molecule has 0 radical (unpaired) electrons. The standard InChI is InChI=1S/C43H55N5O8S2/c1-29(49)44-28-57-26-34(38(52)55-7)45-39(53)42(5,6)47-36(50)35-24-17-25-48(35)37(51)33(46-40(54)56-41(2,3)4)27-58-43(30-18-11-8-12-19-30,31-20-13-9-14-21-31)32-22-15-10-16-23-32/h8-16,18-23,33-35H,17,24-28H2,1-7H3,(H,44,49)(H,45,53)(H,46,54)(H,47,50)/t33-,34-,35+/m0/s1. The molecule has 1 aliphatic heterocycles. The van der Waals surface area contributed by atoms with Crippen molar-refractivity contribution >= 4 is 59.2 Å². The van der Waals surface area contributed by atoms with Crippen LogP contribution in [-0.2, 0) is 38.2 Å². The third kappa shape index (κ3) is 12.2. The fourth-order valence-corrected chi connectivity index (χ4v) is 8.96. The number of hydrogen-bond acceptors (Lipinski definition) is 10. The Morgan fingerprint density at radius 3 is 1.79 bits per heavy atom. The average molecular weight is 834 g/mol. The number of thioether (sulfide) groups is 2. The Balaban J connectivity index is 1.61. The molecule has 1 saturated heterocycles. The number of esters is 1. The molecule has 1 aliphatic rings. The lowest BCUT2D eigenvalue weighted by molar-refractivity contribution is -0.145. The van der Waals surface area contributed by atoms with Crippen molar-refractivity contribution in [3.8, 4) is 0 Å². The summed E-state index contributed by atoms with van der Waals surface area (Å²) in [6.45, 7) is 9.83. The van der Waals surface area contributed by atoms with E-state index in [1.165, 1.54) is 56.3 Å². The Labute approximate surface area is 349 Å². The second kappa shape index (κ2) is 20.6. The lowest BCUT2D eigenvalue weighted by atomic mass is 9.84. The van der Waals surface area contributed by atoms with Gasteiger partial charge in [-0.2, -0.15) is 0 Å². The van der Waals surface area contributed by atoms with E-state index in [4.69, 9.17) is 9.47 Å². The van der Waals surface area contributed by atoms with Crippen LogP contribution in [0, 0.1) is 0 Å². The van der Waals surface area contributed by atoms with E-state index in [0.717, 1.165) is 16.7 Å². The topological polar surface area (TPSA) is 172 Å². The minimum Gasteiger partial charge on any atom is -0.467 e. The van der Waals surface area contributed by atoms with Crippen molar-refractivity contribution in [2.75, 3.05) is 31.0 Å². The SMILES string of the molecule is COC(=O)[C@H](CSCNC(C)=O)NC(=O)C(C)(C)NC(=O)[C@H]1CCCN1C(=O)[C@H](CSC(c1ccccc1)(c1ccccc1)c1ccccc1)NC(=O)OC(C)(C)C. The number of alkyl carbamates (subject to hydrolysis) is 1. The van der Waals surface area contributed by atoms with Gasteiger partial charge in [0.15, 0.2) is 0 Å². The van der Waals surface area contributed by atoms with Gasteiger partial charge >= 0.3 is 12.1 Å². The Kier molecular flexibility index (Phi) is 16.2. The number of nitrogens with zero attached hydrogens (tertiary/aromatic N) is 1. The number of likely N-dealkylation sites (tertiary alicyclic amines) is 1. The zero-order chi connectivity index (χ0) is 42.5. The monoisotopic (exact) mass is 833 g/mol. The quantitative estimate of drug-likeness (QED) is 0.0630. The smallest absolute Gasteiger partial charge is 0.408 e. The Morgan fingerprint density at radius 1 is 0.776 bits per heavy atom. The van der Waals surface area contributed by atoms with Crippen molar-refractivity contribution in [1.29, 1.82) is 0 Å². The number of ether oxygens (including phenoxy) is 2. The van der Waals surface area contributed by atoms with Gasteiger partial charge in [0.2, 0.25) is 23.6 Å². The van der Waals surface area contributed by atoms with Gasteiger partial charge in [0.1, 0.15) is 29.3 Å². The van der Waals surface area contributed by atoms with Gasteiger partial charge in [-0.25, -0.2) is 9.59 Å². The van der Waals surface area contributed by atoms with Crippen LogP contribution in [0.25, 0.3) is 0 Å². The Bertz CT molecular complexity index is 1780. The lowest BCUT2D eigenvalue weighted by Crippen LogP contribution is -2.62. The molecule has 0 bridgehead atoms. The highest BCUT2D eigenvalue weighted by Crippen LogP contribution is 2.48. The van der Waals surface area contributed by atoms with Crippen LogP contribution < -0.4 is 21.3 Å². The molecule has 0 unspecified atom stereocenters. The number of nitrogens with one attached hydrogen (secondary N) is 4. The molecule has 3 atom stereocenters. The van der Waals surface area contributed by atoms with Crippen LogP contribution in [0.4, 0.5) is 4.79 Å². The first-order chi connectivity index (χ1) is 27.5. The molecular formula is C43H55N5O8S2. The maximum atomic E-state index is 14.7. The van der Waals surface area contributed by atoms with Crippen LogP contribution in [0.1, 0.15) is 71.1 Å². The number of methoxy groups -OCH3 is 1. The molecule has 4 N–H and O–H groups in total. The second-order valence-corrected chi connectivity index (χ2v) is 17.7. The van der Waals surface area contributed by atoms with Crippen LogP contribution in [0.5, 0.6) is 0 Å². The molecular weight excluding hydrogens is 779 g/mol. The number of benzene rings is 3. The van der Waals surface area contributed by atoms with Gasteiger partial charge in [0.05, 0.1) is 17.7 Å². The zero-order valence-corrected chi connectivity index (χ0v) is 35.8. The molecule has 0 spiro atoms. The second-order valence-electron chi connectivity index (χ2n) is 15.4. The van der Waals surface area contributed by atoms with Gasteiger partial charge < -0.3 is 35.6 Å². The molecule has 4 rings (SSSR count). The predicted molar refractivity (Wildman–Crippen MR) is 227 cm³/mol. The van der Waals surface area contributed by atoms with E-state index in [9.17, 15) is 28.8 Å². The highest BCUT2D eigenvalue weighted by Gasteiger charge is 2.44. The minimum absolute atomic E-state index is 0.102. The van der Waals surface area contributed by atoms with Crippen molar-refractivity contribution in [3.63, 3.8) is 0 Å². The molecule has 0 saturated carbocycles. The molecule has 15 heteroatoms. The fraction of sp³-hybridized carbons (Fsp3) is 0.442. The maximum Gasteiger partial charge on any atom is 0.408 e. The summed E-state index contributed by atoms with van der Waals surface area (Å²) in [6.07, 6.45) is 0.0685. The summed E-state index contributed by atoms with van der Waals surface area (Å²) in [5, 5.41) is 10.9. The summed E-state index contributed by atoms with van der Waals surface area (Å²) in [5.41, 5.74) is 0.571. The number of carbonyl (C=O) groups is 6. The van der Waals surface area contributed by atoms with Gasteiger partial charge in [-0.05, 0) is 64.2 Å². The van der Waals surface area contributed by atoms with Gasteiger partial charge in [-0.15, -0.1) is 23.5 Å². The highest BCUT2D eigenvalue weighted by atomic mass is 32.2. The first-order valence-corrected chi connectivity index (χ1v) is 21.3. The predicted octanol–water partition coefficient (Wildman–Crippen LogP) is 4.98. The van der Waals surface area contributed by atoms with E-state index in [0.29, 0.717) is 12.8 Å². The van der Waals surface area contributed by atoms with E-state index in [1.54, 1.807) is 20.8 Å². The molecule has 312 valence electrons. The summed E-state index contributed by atoms with van der Waals surface area (Å²) in [6, 6.07) is 26.8. The van der Waals surface area contributed by atoms with E-state index in [-0.39, 0.29) is 29.8 Å². The van der Waals surface area contributed by atoms with Crippen LogP contribution in [-0.4, -0.2) is 101 Å². The van der Waals surface area contributed by atoms with Gasteiger partial charge in [-0.1, -0.05) is 91.0 Å². The third-order valence-corrected chi connectivity index (χ3v) is 11.9. The van der Waals surface area contributed by atoms with E-state index < -0.39 is 63.8 Å². The summed E-state index contributed by atoms with van der Waals surface area (Å²) >= 11 is 2.71. The number of carbonyl (C=O) groups excluding carboxylic acids is 6. The van der Waals surface area contributed by atoms with Crippen LogP contribution in [0.3, 0.4) is 0 Å². The molecule has 1 fully saturated rings. The molecule has 0 aliphatic carbocycles. The van der Waals surface area contributed by atoms with Crippen LogP contribution in [0.2, 0.25) is 0 Å². The molecule has 5 amide bonds. The maximum absolute atomic E-state index is 14.7. The van der Waals surface area contributed by atoms with Crippen LogP contribution in [0.15, 0.2) is 91.0 Å². The van der Waals surface area contributed by atoms with Crippen molar-refractivity contribution in [2.45, 2.75) is 88.4 Å². The first kappa shape index (κ1) is 45.7. The largest absolute Gasteiger partial charge is 0.467 e. The van der Waals surface area contributed by atoms with E-state index in [1.807, 2.05) is 91.0 Å². The number of hydrogen-bond donors (Lipinski definition) is 4. The lowest BCUT2D eigenvalue weighted by Gasteiger charge is -2.37. The van der Waals surface area contributed by atoms with Crippen molar-refractivity contribution in [2.24, 2.45) is 0 Å². The number of rotatable bonds is 17. The van der Waals surface area contributed by atoms with Crippen molar-refractivity contribution in [3.05, 3.63) is 108 Å². The molecule has 3 aromatic carbocycles. The molecule has 58 heavy (non-hydrogen) atoms. The summed E-state index contributed by atoms with van der Waals surface area (Å²) in [4.78, 5) is 80.8. The average Bonchev–Trinajstić information content (AvgIpc) is 3.69. The van der Waals surface area contributed by atoms with Gasteiger partial charge in [-0.3, -0.25) is 19.2 Å². The van der Waals surface area contributed by atoms with Crippen LogP contribution >= 0.6 is 23.5 Å². The summed E-state index contributed by atoms with van der Waals surface area (Å²) in [7, 11) is 1.20. The highest BCUT2D eigenvalue weighted by molar-refractivity contribution is 8.00. The fourth-order valence-electron chi connectivity index (χ4n) is 6.53. The van der Waals surface area contributed by atoms with E-state index >= 15 is 0 Å².